The summed E-state index contributed by atoms with van der Waals surface area (Å²) in [7, 11) is 0. The van der Waals surface area contributed by atoms with Gasteiger partial charge in [0.15, 0.2) is 6.10 Å². The number of esters is 1. The van der Waals surface area contributed by atoms with Crippen molar-refractivity contribution in [3.63, 3.8) is 0 Å². The Bertz CT molecular complexity index is 705. The van der Waals surface area contributed by atoms with Crippen LogP contribution < -0.4 is 10.5 Å². The standard InChI is InChI=1S/C15H15Cl2N3O3/c1-3-22-14(21)8(2)23-9-4-5-10(11(16)6-9)12-7-13(17)20-15(18)19-12/h4-8H,3H2,1-2H3,(H2,18,19,20). The molecule has 1 unspecified atom stereocenters. The van der Waals surface area contributed by atoms with E-state index < -0.39 is 12.1 Å². The maximum absolute atomic E-state index is 11.6. The number of ether oxygens (including phenoxy) is 2. The first-order valence-corrected chi connectivity index (χ1v) is 7.59. The molecule has 0 fully saturated rings. The van der Waals surface area contributed by atoms with E-state index in [9.17, 15) is 4.79 Å². The van der Waals surface area contributed by atoms with E-state index in [0.717, 1.165) is 0 Å². The summed E-state index contributed by atoms with van der Waals surface area (Å²) < 4.78 is 10.4. The van der Waals surface area contributed by atoms with Gasteiger partial charge in [0, 0.05) is 11.6 Å². The van der Waals surface area contributed by atoms with Crippen LogP contribution in [-0.2, 0) is 9.53 Å². The van der Waals surface area contributed by atoms with Gasteiger partial charge in [-0.15, -0.1) is 0 Å². The number of benzene rings is 1. The number of nitrogens with two attached hydrogens (primary N) is 1. The van der Waals surface area contributed by atoms with Gasteiger partial charge in [-0.25, -0.2) is 14.8 Å². The van der Waals surface area contributed by atoms with Gasteiger partial charge >= 0.3 is 5.97 Å². The zero-order valence-electron chi connectivity index (χ0n) is 12.5. The second-order valence-corrected chi connectivity index (χ2v) is 5.38. The third-order valence-electron chi connectivity index (χ3n) is 2.86. The van der Waals surface area contributed by atoms with Gasteiger partial charge in [-0.1, -0.05) is 23.2 Å². The predicted octanol–water partition coefficient (Wildman–Crippen LogP) is 3.36. The highest BCUT2D eigenvalue weighted by molar-refractivity contribution is 6.33. The van der Waals surface area contributed by atoms with Crippen molar-refractivity contribution in [1.29, 1.82) is 0 Å². The van der Waals surface area contributed by atoms with Crippen LogP contribution in [0.1, 0.15) is 13.8 Å². The number of carbonyl (C=O) groups is 1. The Morgan fingerprint density at radius 3 is 2.65 bits per heavy atom. The molecule has 23 heavy (non-hydrogen) atoms. The number of hydrogen-bond acceptors (Lipinski definition) is 6. The van der Waals surface area contributed by atoms with E-state index >= 15 is 0 Å². The Morgan fingerprint density at radius 1 is 1.30 bits per heavy atom. The molecule has 0 aliphatic heterocycles. The quantitative estimate of drug-likeness (QED) is 0.653. The molecule has 8 heteroatoms. The van der Waals surface area contributed by atoms with Crippen molar-refractivity contribution in [1.82, 2.24) is 9.97 Å². The molecule has 0 spiro atoms. The molecular formula is C15H15Cl2N3O3. The largest absolute Gasteiger partial charge is 0.479 e. The maximum atomic E-state index is 11.6. The average molecular weight is 356 g/mol. The van der Waals surface area contributed by atoms with E-state index in [1.54, 1.807) is 38.1 Å². The predicted molar refractivity (Wildman–Crippen MR) is 88.6 cm³/mol. The molecule has 0 radical (unpaired) electrons. The molecule has 1 heterocycles. The zero-order chi connectivity index (χ0) is 17.0. The van der Waals surface area contributed by atoms with E-state index in [-0.39, 0.29) is 11.1 Å². The monoisotopic (exact) mass is 355 g/mol. The van der Waals surface area contributed by atoms with Crippen molar-refractivity contribution < 1.29 is 14.3 Å². The summed E-state index contributed by atoms with van der Waals surface area (Å²) in [5.74, 6) is 0.0512. The number of rotatable bonds is 5. The van der Waals surface area contributed by atoms with Crippen molar-refractivity contribution in [2.24, 2.45) is 0 Å². The Kier molecular flexibility index (Phi) is 5.63. The highest BCUT2D eigenvalue weighted by Crippen LogP contribution is 2.31. The summed E-state index contributed by atoms with van der Waals surface area (Å²) in [6.45, 7) is 3.63. The summed E-state index contributed by atoms with van der Waals surface area (Å²) in [6, 6.07) is 6.51. The minimum absolute atomic E-state index is 0.0554. The molecule has 2 N–H and O–H groups in total. The summed E-state index contributed by atoms with van der Waals surface area (Å²) in [5.41, 5.74) is 6.70. The van der Waals surface area contributed by atoms with Crippen molar-refractivity contribution in [2.45, 2.75) is 20.0 Å². The van der Waals surface area contributed by atoms with Gasteiger partial charge in [0.05, 0.1) is 17.3 Å². The topological polar surface area (TPSA) is 87.3 Å². The number of nitrogen functional groups attached to an aromatic ring is 1. The maximum Gasteiger partial charge on any atom is 0.347 e. The highest BCUT2D eigenvalue weighted by atomic mass is 35.5. The van der Waals surface area contributed by atoms with Crippen molar-refractivity contribution >= 4 is 35.1 Å². The lowest BCUT2D eigenvalue weighted by Crippen LogP contribution is -2.26. The van der Waals surface area contributed by atoms with E-state index in [1.807, 2.05) is 0 Å². The molecule has 122 valence electrons. The van der Waals surface area contributed by atoms with Crippen molar-refractivity contribution in [2.75, 3.05) is 12.3 Å². The fraction of sp³-hybridized carbons (Fsp3) is 0.267. The summed E-state index contributed by atoms with van der Waals surface area (Å²) in [5, 5.41) is 0.604. The lowest BCUT2D eigenvalue weighted by Gasteiger charge is -2.14. The second-order valence-electron chi connectivity index (χ2n) is 4.59. The minimum Gasteiger partial charge on any atom is -0.479 e. The molecule has 0 saturated heterocycles. The fourth-order valence-electron chi connectivity index (χ4n) is 1.86. The Hall–Kier alpha value is -2.05. The molecule has 1 aromatic carbocycles. The van der Waals surface area contributed by atoms with E-state index in [0.29, 0.717) is 28.6 Å². The molecule has 2 aromatic rings. The number of halogens is 2. The number of aromatic nitrogens is 2. The van der Waals surface area contributed by atoms with Crippen LogP contribution in [0, 0.1) is 0 Å². The molecule has 6 nitrogen and oxygen atoms in total. The lowest BCUT2D eigenvalue weighted by molar-refractivity contribution is -0.150. The van der Waals surface area contributed by atoms with Crippen LogP contribution in [0.5, 0.6) is 5.75 Å². The van der Waals surface area contributed by atoms with Gasteiger partial charge < -0.3 is 15.2 Å². The van der Waals surface area contributed by atoms with Crippen LogP contribution in [0.3, 0.4) is 0 Å². The van der Waals surface area contributed by atoms with Crippen LogP contribution in [-0.4, -0.2) is 28.6 Å². The average Bonchev–Trinajstić information content (AvgIpc) is 2.46. The van der Waals surface area contributed by atoms with E-state index in [4.69, 9.17) is 38.4 Å². The Balaban J connectivity index is 2.22. The fourth-order valence-corrected chi connectivity index (χ4v) is 2.32. The van der Waals surface area contributed by atoms with Crippen molar-refractivity contribution in [3.05, 3.63) is 34.4 Å². The van der Waals surface area contributed by atoms with E-state index in [2.05, 4.69) is 9.97 Å². The lowest BCUT2D eigenvalue weighted by atomic mass is 10.1. The molecular weight excluding hydrogens is 341 g/mol. The Morgan fingerprint density at radius 2 is 2.04 bits per heavy atom. The van der Waals surface area contributed by atoms with Crippen LogP contribution in [0.15, 0.2) is 24.3 Å². The van der Waals surface area contributed by atoms with Gasteiger partial charge in [-0.3, -0.25) is 0 Å². The van der Waals surface area contributed by atoms with Crippen molar-refractivity contribution in [3.8, 4) is 17.0 Å². The Labute approximate surface area is 143 Å². The number of hydrogen-bond donors (Lipinski definition) is 1. The van der Waals surface area contributed by atoms with Gasteiger partial charge in [0.2, 0.25) is 5.95 Å². The molecule has 1 aromatic heterocycles. The van der Waals surface area contributed by atoms with Gasteiger partial charge in [0.1, 0.15) is 10.9 Å². The summed E-state index contributed by atoms with van der Waals surface area (Å²) in [4.78, 5) is 19.5. The normalized spacial score (nSPS) is 11.8. The molecule has 0 bridgehead atoms. The first-order valence-electron chi connectivity index (χ1n) is 6.84. The zero-order valence-corrected chi connectivity index (χ0v) is 14.1. The molecule has 0 aliphatic carbocycles. The second kappa shape index (κ2) is 7.48. The van der Waals surface area contributed by atoms with Gasteiger partial charge in [0.25, 0.3) is 0 Å². The van der Waals surface area contributed by atoms with Crippen LogP contribution in [0.4, 0.5) is 5.95 Å². The SMILES string of the molecule is CCOC(=O)C(C)Oc1ccc(-c2cc(Cl)nc(N)n2)c(Cl)c1. The number of anilines is 1. The molecule has 0 saturated carbocycles. The third kappa shape index (κ3) is 4.46. The summed E-state index contributed by atoms with van der Waals surface area (Å²) >= 11 is 12.1. The van der Waals surface area contributed by atoms with E-state index in [1.165, 1.54) is 0 Å². The van der Waals surface area contributed by atoms with Gasteiger partial charge in [-0.2, -0.15) is 0 Å². The molecule has 2 rings (SSSR count). The highest BCUT2D eigenvalue weighted by Gasteiger charge is 2.17. The molecule has 0 aliphatic rings. The minimum atomic E-state index is -0.735. The molecule has 1 atom stereocenters. The third-order valence-corrected chi connectivity index (χ3v) is 3.37. The van der Waals surface area contributed by atoms with Gasteiger partial charge in [-0.05, 0) is 32.0 Å². The smallest absolute Gasteiger partial charge is 0.347 e. The first-order chi connectivity index (χ1) is 10.9. The summed E-state index contributed by atoms with van der Waals surface area (Å²) in [6.07, 6.45) is -0.735. The van der Waals surface area contributed by atoms with Crippen LogP contribution >= 0.6 is 23.2 Å². The van der Waals surface area contributed by atoms with Crippen LogP contribution in [0.25, 0.3) is 11.3 Å². The number of nitrogens with zero attached hydrogens (tertiary/aromatic N) is 2. The molecule has 0 amide bonds. The number of carbonyl (C=O) groups excluding carboxylic acids is 1. The van der Waals surface area contributed by atoms with Crippen LogP contribution in [0.2, 0.25) is 10.2 Å². The first kappa shape index (κ1) is 17.3.